The first-order valence-corrected chi connectivity index (χ1v) is 10.7. The fraction of sp³-hybridized carbons (Fsp3) is 0.500. The molecule has 0 bridgehead atoms. The van der Waals surface area contributed by atoms with Crippen molar-refractivity contribution in [2.24, 2.45) is 0 Å². The minimum absolute atomic E-state index is 0.168. The second kappa shape index (κ2) is 8.49. The third-order valence-corrected chi connectivity index (χ3v) is 5.76. The second-order valence-electron chi connectivity index (χ2n) is 8.14. The molecule has 164 valence electrons. The van der Waals surface area contributed by atoms with Crippen molar-refractivity contribution in [3.05, 3.63) is 46.4 Å². The van der Waals surface area contributed by atoms with Crippen LogP contribution in [-0.4, -0.2) is 61.9 Å². The summed E-state index contributed by atoms with van der Waals surface area (Å²) in [7, 11) is 0. The molecule has 31 heavy (non-hydrogen) atoms. The molecule has 1 aliphatic rings. The quantitative estimate of drug-likeness (QED) is 0.622. The fourth-order valence-corrected chi connectivity index (χ4v) is 4.10. The van der Waals surface area contributed by atoms with Crippen LogP contribution >= 0.6 is 0 Å². The summed E-state index contributed by atoms with van der Waals surface area (Å²) in [5.41, 5.74) is 3.90. The number of hydrogen-bond acceptors (Lipinski definition) is 7. The summed E-state index contributed by atoms with van der Waals surface area (Å²) in [4.78, 5) is 26.1. The molecule has 1 fully saturated rings. The number of hydrogen-bond donors (Lipinski definition) is 0. The Morgan fingerprint density at radius 3 is 2.32 bits per heavy atom. The average Bonchev–Trinajstić information content (AvgIpc) is 3.25. The lowest BCUT2D eigenvalue weighted by molar-refractivity contribution is -0.131. The summed E-state index contributed by atoms with van der Waals surface area (Å²) < 4.78 is 7.05. The van der Waals surface area contributed by atoms with Crippen molar-refractivity contribution in [2.75, 3.05) is 31.1 Å². The number of amides is 1. The van der Waals surface area contributed by atoms with Crippen molar-refractivity contribution >= 4 is 11.7 Å². The second-order valence-corrected chi connectivity index (χ2v) is 8.14. The van der Waals surface area contributed by atoms with Crippen LogP contribution in [0.25, 0.3) is 5.82 Å². The van der Waals surface area contributed by atoms with Crippen molar-refractivity contribution in [1.29, 1.82) is 0 Å². The van der Waals surface area contributed by atoms with Gasteiger partial charge in [-0.3, -0.25) is 4.79 Å². The van der Waals surface area contributed by atoms with Gasteiger partial charge in [-0.05, 0) is 47.1 Å². The first-order valence-electron chi connectivity index (χ1n) is 10.7. The Morgan fingerprint density at radius 2 is 1.71 bits per heavy atom. The molecule has 0 N–H and O–H groups in total. The maximum atomic E-state index is 12.7. The number of aromatic nitrogens is 5. The molecule has 0 aromatic carbocycles. The van der Waals surface area contributed by atoms with Crippen LogP contribution in [0.3, 0.4) is 0 Å². The van der Waals surface area contributed by atoms with Crippen LogP contribution in [0.4, 0.5) is 5.82 Å². The van der Waals surface area contributed by atoms with Crippen molar-refractivity contribution < 1.29 is 9.32 Å². The maximum Gasteiger partial charge on any atom is 0.223 e. The largest absolute Gasteiger partial charge is 0.361 e. The lowest BCUT2D eigenvalue weighted by atomic mass is 10.1. The van der Waals surface area contributed by atoms with E-state index in [1.807, 2.05) is 56.3 Å². The summed E-state index contributed by atoms with van der Waals surface area (Å²) in [6.45, 7) is 12.5. The van der Waals surface area contributed by atoms with Crippen LogP contribution in [-0.2, 0) is 11.2 Å². The zero-order chi connectivity index (χ0) is 22.1. The Labute approximate surface area is 182 Å². The van der Waals surface area contributed by atoms with Gasteiger partial charge in [-0.1, -0.05) is 5.16 Å². The predicted octanol–water partition coefficient (Wildman–Crippen LogP) is 2.47. The van der Waals surface area contributed by atoms with E-state index in [1.54, 1.807) is 0 Å². The third-order valence-electron chi connectivity index (χ3n) is 5.76. The van der Waals surface area contributed by atoms with Crippen LogP contribution in [0, 0.1) is 34.6 Å². The average molecular weight is 424 g/mol. The normalized spacial score (nSPS) is 14.4. The van der Waals surface area contributed by atoms with Crippen LogP contribution in [0.15, 0.2) is 16.7 Å². The van der Waals surface area contributed by atoms with E-state index in [0.717, 1.165) is 53.1 Å². The minimum atomic E-state index is 0.168. The lowest BCUT2D eigenvalue weighted by Crippen LogP contribution is -2.49. The molecule has 1 saturated heterocycles. The van der Waals surface area contributed by atoms with Crippen molar-refractivity contribution in [1.82, 2.24) is 29.8 Å². The molecule has 9 nitrogen and oxygen atoms in total. The van der Waals surface area contributed by atoms with Gasteiger partial charge in [0.2, 0.25) is 5.91 Å². The molecule has 0 aliphatic carbocycles. The highest BCUT2D eigenvalue weighted by molar-refractivity contribution is 5.76. The molecule has 3 aromatic heterocycles. The van der Waals surface area contributed by atoms with Crippen molar-refractivity contribution in [3.8, 4) is 5.82 Å². The Morgan fingerprint density at radius 1 is 1.00 bits per heavy atom. The van der Waals surface area contributed by atoms with Gasteiger partial charge in [-0.25, -0.2) is 14.6 Å². The van der Waals surface area contributed by atoms with E-state index in [2.05, 4.69) is 25.1 Å². The van der Waals surface area contributed by atoms with Gasteiger partial charge in [0.15, 0.2) is 5.82 Å². The van der Waals surface area contributed by atoms with E-state index in [-0.39, 0.29) is 5.91 Å². The van der Waals surface area contributed by atoms with Gasteiger partial charge in [-0.15, -0.1) is 0 Å². The first kappa shape index (κ1) is 21.0. The highest BCUT2D eigenvalue weighted by atomic mass is 16.5. The van der Waals surface area contributed by atoms with E-state index in [0.29, 0.717) is 31.8 Å². The first-order chi connectivity index (χ1) is 14.8. The van der Waals surface area contributed by atoms with Gasteiger partial charge in [0, 0.05) is 49.9 Å². The van der Waals surface area contributed by atoms with E-state index in [9.17, 15) is 4.79 Å². The number of carbonyl (C=O) groups excluding carboxylic acids is 1. The fourth-order valence-electron chi connectivity index (χ4n) is 4.10. The zero-order valence-electron chi connectivity index (χ0n) is 18.8. The number of nitrogens with zero attached hydrogens (tertiary/aromatic N) is 7. The van der Waals surface area contributed by atoms with Crippen molar-refractivity contribution in [3.63, 3.8) is 0 Å². The van der Waals surface area contributed by atoms with Crippen LogP contribution in [0.1, 0.15) is 40.7 Å². The molecular formula is C22H29N7O2. The molecule has 4 rings (SSSR count). The van der Waals surface area contributed by atoms with E-state index in [4.69, 9.17) is 4.52 Å². The summed E-state index contributed by atoms with van der Waals surface area (Å²) in [6, 6.07) is 4.01. The Bertz CT molecular complexity index is 1070. The lowest BCUT2D eigenvalue weighted by Gasteiger charge is -2.35. The number of rotatable bonds is 5. The van der Waals surface area contributed by atoms with Gasteiger partial charge in [-0.2, -0.15) is 5.10 Å². The highest BCUT2D eigenvalue weighted by Crippen LogP contribution is 2.20. The Hall–Kier alpha value is -3.23. The zero-order valence-corrected chi connectivity index (χ0v) is 18.8. The highest BCUT2D eigenvalue weighted by Gasteiger charge is 2.23. The molecule has 0 spiro atoms. The van der Waals surface area contributed by atoms with Gasteiger partial charge in [0.1, 0.15) is 17.4 Å². The molecule has 3 aromatic rings. The predicted molar refractivity (Wildman–Crippen MR) is 116 cm³/mol. The van der Waals surface area contributed by atoms with Crippen LogP contribution in [0.2, 0.25) is 0 Å². The van der Waals surface area contributed by atoms with E-state index in [1.165, 1.54) is 0 Å². The van der Waals surface area contributed by atoms with Gasteiger partial charge in [0.25, 0.3) is 0 Å². The maximum absolute atomic E-state index is 12.7. The third kappa shape index (κ3) is 4.45. The molecule has 1 amide bonds. The summed E-state index contributed by atoms with van der Waals surface area (Å²) >= 11 is 0. The smallest absolute Gasteiger partial charge is 0.223 e. The standard InChI is InChI=1S/C22H29N7O2/c1-14-12-15(2)29(25-14)21-13-20(23-18(5)24-21)27-8-10-28(11-9-27)22(30)7-6-19-16(3)26-31-17(19)4/h12-13H,6-11H2,1-5H3. The topological polar surface area (TPSA) is 93.2 Å². The molecule has 0 unspecified atom stereocenters. The van der Waals surface area contributed by atoms with E-state index >= 15 is 0 Å². The molecular weight excluding hydrogens is 394 g/mol. The Kier molecular flexibility index (Phi) is 5.75. The molecule has 0 radical (unpaired) electrons. The monoisotopic (exact) mass is 423 g/mol. The van der Waals surface area contributed by atoms with Gasteiger partial charge in [0.05, 0.1) is 11.4 Å². The minimum Gasteiger partial charge on any atom is -0.361 e. The van der Waals surface area contributed by atoms with Crippen LogP contribution in [0.5, 0.6) is 0 Å². The SMILES string of the molecule is Cc1cc(C)n(-c2cc(N3CCN(C(=O)CCc4c(C)noc4C)CC3)nc(C)n2)n1. The number of carbonyl (C=O) groups is 1. The summed E-state index contributed by atoms with van der Waals surface area (Å²) in [5, 5.41) is 8.51. The number of anilines is 1. The molecule has 0 saturated carbocycles. The number of piperazine rings is 1. The van der Waals surface area contributed by atoms with Crippen LogP contribution < -0.4 is 4.90 Å². The van der Waals surface area contributed by atoms with Gasteiger partial charge >= 0.3 is 0 Å². The number of aryl methyl sites for hydroxylation is 5. The summed E-state index contributed by atoms with van der Waals surface area (Å²) in [5.74, 6) is 3.32. The Balaban J connectivity index is 1.39. The molecule has 0 atom stereocenters. The molecule has 4 heterocycles. The van der Waals surface area contributed by atoms with E-state index < -0.39 is 0 Å². The molecule has 9 heteroatoms. The molecule has 1 aliphatic heterocycles. The van der Waals surface area contributed by atoms with Gasteiger partial charge < -0.3 is 14.3 Å². The summed E-state index contributed by atoms with van der Waals surface area (Å²) in [6.07, 6.45) is 1.13. The van der Waals surface area contributed by atoms with Crippen molar-refractivity contribution in [2.45, 2.75) is 47.5 Å².